The van der Waals surface area contributed by atoms with E-state index in [4.69, 9.17) is 4.42 Å². The lowest BCUT2D eigenvalue weighted by Gasteiger charge is -2.07. The summed E-state index contributed by atoms with van der Waals surface area (Å²) in [5.74, 6) is 0.313. The number of thiazole rings is 1. The molecule has 0 saturated heterocycles. The van der Waals surface area contributed by atoms with Crippen molar-refractivity contribution >= 4 is 34.2 Å². The predicted molar refractivity (Wildman–Crippen MR) is 114 cm³/mol. The second kappa shape index (κ2) is 9.36. The molecule has 9 heteroatoms. The Morgan fingerprint density at radius 1 is 1.07 bits per heavy atom. The number of anilines is 1. The van der Waals surface area contributed by atoms with Crippen molar-refractivity contribution in [2.24, 2.45) is 0 Å². The molecular weight excluding hydrogens is 404 g/mol. The number of benzene rings is 1. The number of rotatable bonds is 7. The maximum Gasteiger partial charge on any atom is 0.251 e. The Bertz CT molecular complexity index is 1090. The second-order valence-corrected chi connectivity index (χ2v) is 7.60. The highest BCUT2D eigenvalue weighted by Crippen LogP contribution is 2.26. The van der Waals surface area contributed by atoms with Gasteiger partial charge in [0, 0.05) is 17.9 Å². The molecule has 2 aromatic heterocycles. The molecule has 3 rings (SSSR count). The summed E-state index contributed by atoms with van der Waals surface area (Å²) >= 11 is 1.25. The second-order valence-electron chi connectivity index (χ2n) is 6.74. The maximum atomic E-state index is 12.2. The van der Waals surface area contributed by atoms with Gasteiger partial charge in [-0.2, -0.15) is 0 Å². The third-order valence-electron chi connectivity index (χ3n) is 4.35. The molecule has 0 saturated carbocycles. The number of aromatic nitrogens is 1. The van der Waals surface area contributed by atoms with E-state index >= 15 is 0 Å². The van der Waals surface area contributed by atoms with Crippen LogP contribution in [0.5, 0.6) is 0 Å². The van der Waals surface area contributed by atoms with Gasteiger partial charge in [-0.1, -0.05) is 6.07 Å². The van der Waals surface area contributed by atoms with Gasteiger partial charge in [-0.05, 0) is 49.2 Å². The van der Waals surface area contributed by atoms with Gasteiger partial charge >= 0.3 is 0 Å². The molecule has 8 nitrogen and oxygen atoms in total. The van der Waals surface area contributed by atoms with Gasteiger partial charge < -0.3 is 20.4 Å². The monoisotopic (exact) mass is 426 g/mol. The average Bonchev–Trinajstić information content (AvgIpc) is 3.36. The number of hydrogen-bond acceptors (Lipinski definition) is 6. The highest BCUT2D eigenvalue weighted by atomic mass is 32.1. The highest BCUT2D eigenvalue weighted by Gasteiger charge is 2.13. The lowest BCUT2D eigenvalue weighted by Crippen LogP contribution is -2.32. The van der Waals surface area contributed by atoms with Crippen LogP contribution in [0.15, 0.2) is 40.1 Å². The standard InChI is InChI=1S/C21H22N4O4S/c1-12-4-5-15(8-13(12)2)20(28)23-10-19(27)25-21-24-17(11-30-21)18-7-6-16(29-18)9-22-14(3)26/h4-8,11H,9-10H2,1-3H3,(H,22,26)(H,23,28)(H,24,25,27). The van der Waals surface area contributed by atoms with Crippen molar-refractivity contribution in [1.82, 2.24) is 15.6 Å². The van der Waals surface area contributed by atoms with Crippen LogP contribution in [0, 0.1) is 13.8 Å². The molecule has 3 N–H and O–H groups in total. The van der Waals surface area contributed by atoms with Crippen molar-refractivity contribution in [3.05, 3.63) is 58.2 Å². The van der Waals surface area contributed by atoms with E-state index < -0.39 is 0 Å². The van der Waals surface area contributed by atoms with Gasteiger partial charge in [0.2, 0.25) is 11.8 Å². The van der Waals surface area contributed by atoms with E-state index in [2.05, 4.69) is 20.9 Å². The van der Waals surface area contributed by atoms with Crippen LogP contribution in [-0.4, -0.2) is 29.3 Å². The van der Waals surface area contributed by atoms with E-state index in [-0.39, 0.29) is 24.3 Å². The first-order valence-corrected chi connectivity index (χ1v) is 10.1. The molecule has 0 fully saturated rings. The van der Waals surface area contributed by atoms with Crippen molar-refractivity contribution in [2.45, 2.75) is 27.3 Å². The first-order valence-electron chi connectivity index (χ1n) is 9.26. The fraction of sp³-hybridized carbons (Fsp3) is 0.238. The SMILES string of the molecule is CC(=O)NCc1ccc(-c2csc(NC(=O)CNC(=O)c3ccc(C)c(C)c3)n2)o1. The molecule has 0 bridgehead atoms. The number of amides is 3. The minimum Gasteiger partial charge on any atom is -0.458 e. The van der Waals surface area contributed by atoms with Gasteiger partial charge in [0.1, 0.15) is 11.5 Å². The first kappa shape index (κ1) is 21.3. The van der Waals surface area contributed by atoms with E-state index in [0.29, 0.717) is 34.5 Å². The number of carbonyl (C=O) groups excluding carboxylic acids is 3. The van der Waals surface area contributed by atoms with Crippen molar-refractivity contribution in [2.75, 3.05) is 11.9 Å². The molecule has 30 heavy (non-hydrogen) atoms. The zero-order chi connectivity index (χ0) is 21.7. The van der Waals surface area contributed by atoms with Gasteiger partial charge in [-0.25, -0.2) is 4.98 Å². The Hall–Kier alpha value is -3.46. The normalized spacial score (nSPS) is 10.5. The summed E-state index contributed by atoms with van der Waals surface area (Å²) in [4.78, 5) is 39.7. The molecule has 3 amide bonds. The molecule has 0 aliphatic heterocycles. The van der Waals surface area contributed by atoms with Crippen LogP contribution in [0.3, 0.4) is 0 Å². The lowest BCUT2D eigenvalue weighted by molar-refractivity contribution is -0.119. The van der Waals surface area contributed by atoms with Gasteiger partial charge in [-0.15, -0.1) is 11.3 Å². The van der Waals surface area contributed by atoms with Gasteiger partial charge in [0.15, 0.2) is 10.9 Å². The third-order valence-corrected chi connectivity index (χ3v) is 5.11. The Kier molecular flexibility index (Phi) is 6.63. The van der Waals surface area contributed by atoms with E-state index in [9.17, 15) is 14.4 Å². The summed E-state index contributed by atoms with van der Waals surface area (Å²) in [6, 6.07) is 8.90. The number of furan rings is 1. The minimum absolute atomic E-state index is 0.142. The smallest absolute Gasteiger partial charge is 0.251 e. The summed E-state index contributed by atoms with van der Waals surface area (Å²) in [6.07, 6.45) is 0. The van der Waals surface area contributed by atoms with Crippen molar-refractivity contribution < 1.29 is 18.8 Å². The Balaban J connectivity index is 1.52. The molecule has 0 radical (unpaired) electrons. The summed E-state index contributed by atoms with van der Waals surface area (Å²) < 4.78 is 5.64. The van der Waals surface area contributed by atoms with E-state index in [1.54, 1.807) is 29.6 Å². The average molecular weight is 426 g/mol. The molecule has 3 aromatic rings. The highest BCUT2D eigenvalue weighted by molar-refractivity contribution is 7.14. The summed E-state index contributed by atoms with van der Waals surface area (Å²) in [5, 5.41) is 10.1. The zero-order valence-electron chi connectivity index (χ0n) is 16.9. The van der Waals surface area contributed by atoms with Crippen LogP contribution >= 0.6 is 11.3 Å². The van der Waals surface area contributed by atoms with Crippen molar-refractivity contribution in [3.63, 3.8) is 0 Å². The third kappa shape index (κ3) is 5.54. The minimum atomic E-state index is -0.376. The Morgan fingerprint density at radius 3 is 2.60 bits per heavy atom. The molecule has 1 aromatic carbocycles. The van der Waals surface area contributed by atoms with E-state index in [0.717, 1.165) is 11.1 Å². The van der Waals surface area contributed by atoms with E-state index in [1.165, 1.54) is 18.3 Å². The number of hydrogen-bond donors (Lipinski definition) is 3. The molecular formula is C21H22N4O4S. The maximum absolute atomic E-state index is 12.2. The number of carbonyl (C=O) groups is 3. The quantitative estimate of drug-likeness (QED) is 0.537. The lowest BCUT2D eigenvalue weighted by atomic mass is 10.1. The predicted octanol–water partition coefficient (Wildman–Crippen LogP) is 3.02. The number of nitrogens with zero attached hydrogens (tertiary/aromatic N) is 1. The van der Waals surface area contributed by atoms with Crippen LogP contribution in [0.1, 0.15) is 34.2 Å². The van der Waals surface area contributed by atoms with Crippen LogP contribution in [0.2, 0.25) is 0 Å². The first-order chi connectivity index (χ1) is 14.3. The summed E-state index contributed by atoms with van der Waals surface area (Å²) in [7, 11) is 0. The molecule has 0 unspecified atom stereocenters. The molecule has 0 aliphatic rings. The van der Waals surface area contributed by atoms with Gasteiger partial charge in [-0.3, -0.25) is 14.4 Å². The summed E-state index contributed by atoms with van der Waals surface area (Å²) in [5.41, 5.74) is 3.20. The number of nitrogens with one attached hydrogen (secondary N) is 3. The molecule has 156 valence electrons. The molecule has 0 atom stereocenters. The topological polar surface area (TPSA) is 113 Å². The van der Waals surface area contributed by atoms with Gasteiger partial charge in [0.25, 0.3) is 5.91 Å². The van der Waals surface area contributed by atoms with Crippen molar-refractivity contribution in [3.8, 4) is 11.5 Å². The fourth-order valence-corrected chi connectivity index (χ4v) is 3.29. The molecule has 2 heterocycles. The van der Waals surface area contributed by atoms with Crippen LogP contribution in [0.25, 0.3) is 11.5 Å². The van der Waals surface area contributed by atoms with Gasteiger partial charge in [0.05, 0.1) is 13.1 Å². The van der Waals surface area contributed by atoms with Crippen LogP contribution in [0.4, 0.5) is 5.13 Å². The van der Waals surface area contributed by atoms with Crippen LogP contribution in [-0.2, 0) is 16.1 Å². The van der Waals surface area contributed by atoms with Crippen molar-refractivity contribution in [1.29, 1.82) is 0 Å². The fourth-order valence-electron chi connectivity index (χ4n) is 2.58. The largest absolute Gasteiger partial charge is 0.458 e. The molecule has 0 aliphatic carbocycles. The Morgan fingerprint density at radius 2 is 1.87 bits per heavy atom. The zero-order valence-corrected chi connectivity index (χ0v) is 17.7. The number of aryl methyl sites for hydroxylation is 2. The molecule has 0 spiro atoms. The van der Waals surface area contributed by atoms with E-state index in [1.807, 2.05) is 19.9 Å². The summed E-state index contributed by atoms with van der Waals surface area (Å²) in [6.45, 7) is 5.47. The Labute approximate surface area is 177 Å². The van der Waals surface area contributed by atoms with Crippen LogP contribution < -0.4 is 16.0 Å².